The third kappa shape index (κ3) is 6.67. The zero-order valence-electron chi connectivity index (χ0n) is 13.4. The maximum absolute atomic E-state index is 12.1. The largest absolute Gasteiger partial charge is 0.493 e. The van der Waals surface area contributed by atoms with Crippen molar-refractivity contribution >= 4 is 24.0 Å². The maximum atomic E-state index is 12.1. The van der Waals surface area contributed by atoms with E-state index in [0.717, 1.165) is 37.4 Å². The minimum atomic E-state index is 0. The second-order valence-electron chi connectivity index (χ2n) is 6.18. The van der Waals surface area contributed by atoms with Gasteiger partial charge in [-0.05, 0) is 49.9 Å². The first-order valence-electron chi connectivity index (χ1n) is 7.87. The summed E-state index contributed by atoms with van der Waals surface area (Å²) >= 11 is 0. The van der Waals surface area contributed by atoms with Gasteiger partial charge < -0.3 is 15.4 Å². The lowest BCUT2D eigenvalue weighted by molar-refractivity contribution is -0.117. The van der Waals surface area contributed by atoms with Gasteiger partial charge in [0.1, 0.15) is 5.75 Å². The number of nitrogens with one attached hydrogen (secondary N) is 2. The van der Waals surface area contributed by atoms with E-state index in [9.17, 15) is 4.79 Å². The second kappa shape index (κ2) is 9.70. The molecule has 1 heterocycles. The summed E-state index contributed by atoms with van der Waals surface area (Å²) in [6.45, 7) is 6.97. The van der Waals surface area contributed by atoms with E-state index in [2.05, 4.69) is 24.5 Å². The van der Waals surface area contributed by atoms with E-state index in [0.29, 0.717) is 24.9 Å². The second-order valence-corrected chi connectivity index (χ2v) is 6.18. The minimum Gasteiger partial charge on any atom is -0.493 e. The minimum absolute atomic E-state index is 0. The molecule has 0 radical (unpaired) electrons. The predicted octanol–water partition coefficient (Wildman–Crippen LogP) is 3.47. The molecule has 0 spiro atoms. The Morgan fingerprint density at radius 3 is 2.77 bits per heavy atom. The van der Waals surface area contributed by atoms with E-state index in [-0.39, 0.29) is 18.3 Å². The van der Waals surface area contributed by atoms with Crippen LogP contribution in [0.4, 0.5) is 5.69 Å². The molecule has 0 aromatic heterocycles. The molecule has 4 nitrogen and oxygen atoms in total. The molecule has 0 unspecified atom stereocenters. The lowest BCUT2D eigenvalue weighted by atomic mass is 9.94. The van der Waals surface area contributed by atoms with E-state index < -0.39 is 0 Å². The van der Waals surface area contributed by atoms with Crippen LogP contribution in [0.15, 0.2) is 24.3 Å². The standard InChI is InChI=1S/C17H26N2O2.ClH/c1-13(2)12-21-16-5-3-4-15(11-16)19-17(20)10-14-6-8-18-9-7-14;/h3-5,11,13-14,18H,6-10,12H2,1-2H3,(H,19,20);1H. The number of carbonyl (C=O) groups is 1. The summed E-state index contributed by atoms with van der Waals surface area (Å²) < 4.78 is 5.68. The van der Waals surface area contributed by atoms with Gasteiger partial charge in [0.05, 0.1) is 6.61 Å². The van der Waals surface area contributed by atoms with Crippen molar-refractivity contribution < 1.29 is 9.53 Å². The molecular formula is C17H27ClN2O2. The summed E-state index contributed by atoms with van der Waals surface area (Å²) in [5.41, 5.74) is 0.815. The summed E-state index contributed by atoms with van der Waals surface area (Å²) in [5.74, 6) is 1.90. The molecule has 5 heteroatoms. The SMILES string of the molecule is CC(C)COc1cccc(NC(=O)CC2CCNCC2)c1.Cl. The Morgan fingerprint density at radius 1 is 1.36 bits per heavy atom. The fraction of sp³-hybridized carbons (Fsp3) is 0.588. The van der Waals surface area contributed by atoms with E-state index in [4.69, 9.17) is 4.74 Å². The van der Waals surface area contributed by atoms with Gasteiger partial charge in [-0.1, -0.05) is 19.9 Å². The zero-order chi connectivity index (χ0) is 15.1. The van der Waals surface area contributed by atoms with Crippen LogP contribution < -0.4 is 15.4 Å². The Bertz CT molecular complexity index is 460. The molecule has 1 aromatic rings. The zero-order valence-corrected chi connectivity index (χ0v) is 14.2. The summed E-state index contributed by atoms with van der Waals surface area (Å²) in [6.07, 6.45) is 2.79. The van der Waals surface area contributed by atoms with Crippen molar-refractivity contribution in [2.75, 3.05) is 25.0 Å². The molecule has 0 bridgehead atoms. The molecule has 1 aromatic carbocycles. The lowest BCUT2D eigenvalue weighted by Crippen LogP contribution is -2.30. The highest BCUT2D eigenvalue weighted by Crippen LogP contribution is 2.20. The van der Waals surface area contributed by atoms with Crippen LogP contribution in [-0.2, 0) is 4.79 Å². The normalized spacial score (nSPS) is 15.2. The molecule has 0 saturated carbocycles. The van der Waals surface area contributed by atoms with Crippen molar-refractivity contribution in [3.8, 4) is 5.75 Å². The molecule has 2 rings (SSSR count). The third-order valence-corrected chi connectivity index (χ3v) is 3.63. The lowest BCUT2D eigenvalue weighted by Gasteiger charge is -2.22. The number of rotatable bonds is 6. The summed E-state index contributed by atoms with van der Waals surface area (Å²) in [5, 5.41) is 6.30. The van der Waals surface area contributed by atoms with Crippen molar-refractivity contribution in [3.63, 3.8) is 0 Å². The highest BCUT2D eigenvalue weighted by molar-refractivity contribution is 5.91. The van der Waals surface area contributed by atoms with Crippen LogP contribution in [0.2, 0.25) is 0 Å². The molecule has 1 saturated heterocycles. The van der Waals surface area contributed by atoms with Crippen molar-refractivity contribution in [1.82, 2.24) is 5.32 Å². The summed E-state index contributed by atoms with van der Waals surface area (Å²) in [6, 6.07) is 7.63. The van der Waals surface area contributed by atoms with E-state index in [1.54, 1.807) is 0 Å². The van der Waals surface area contributed by atoms with E-state index in [1.807, 2.05) is 24.3 Å². The van der Waals surface area contributed by atoms with Crippen molar-refractivity contribution in [1.29, 1.82) is 0 Å². The van der Waals surface area contributed by atoms with Gasteiger partial charge in [-0.2, -0.15) is 0 Å². The summed E-state index contributed by atoms with van der Waals surface area (Å²) in [4.78, 5) is 12.1. The van der Waals surface area contributed by atoms with E-state index >= 15 is 0 Å². The number of anilines is 1. The number of carbonyl (C=O) groups excluding carboxylic acids is 1. The van der Waals surface area contributed by atoms with Gasteiger partial charge in [-0.15, -0.1) is 12.4 Å². The molecule has 1 fully saturated rings. The summed E-state index contributed by atoms with van der Waals surface area (Å²) in [7, 11) is 0. The average Bonchev–Trinajstić information content (AvgIpc) is 2.46. The Hall–Kier alpha value is -1.26. The van der Waals surface area contributed by atoms with Crippen molar-refractivity contribution in [3.05, 3.63) is 24.3 Å². The fourth-order valence-corrected chi connectivity index (χ4v) is 2.49. The Morgan fingerprint density at radius 2 is 2.09 bits per heavy atom. The average molecular weight is 327 g/mol. The highest BCUT2D eigenvalue weighted by atomic mass is 35.5. The molecule has 1 aliphatic heterocycles. The Labute approximate surface area is 139 Å². The number of ether oxygens (including phenoxy) is 1. The maximum Gasteiger partial charge on any atom is 0.224 e. The predicted molar refractivity (Wildman–Crippen MR) is 92.9 cm³/mol. The van der Waals surface area contributed by atoms with Crippen LogP contribution in [0.1, 0.15) is 33.1 Å². The van der Waals surface area contributed by atoms with Gasteiger partial charge in [0.25, 0.3) is 0 Å². The van der Waals surface area contributed by atoms with Crippen LogP contribution in [-0.4, -0.2) is 25.6 Å². The smallest absolute Gasteiger partial charge is 0.224 e. The van der Waals surface area contributed by atoms with Crippen LogP contribution in [0, 0.1) is 11.8 Å². The number of halogens is 1. The van der Waals surface area contributed by atoms with E-state index in [1.165, 1.54) is 0 Å². The Kier molecular flexibility index (Phi) is 8.28. The molecule has 124 valence electrons. The quantitative estimate of drug-likeness (QED) is 0.841. The molecular weight excluding hydrogens is 300 g/mol. The van der Waals surface area contributed by atoms with Crippen LogP contribution in [0.5, 0.6) is 5.75 Å². The van der Waals surface area contributed by atoms with Crippen molar-refractivity contribution in [2.45, 2.75) is 33.1 Å². The van der Waals surface area contributed by atoms with Gasteiger partial charge in [-0.25, -0.2) is 0 Å². The molecule has 0 atom stereocenters. The van der Waals surface area contributed by atoms with Gasteiger partial charge in [0, 0.05) is 18.2 Å². The molecule has 1 aliphatic rings. The topological polar surface area (TPSA) is 50.4 Å². The number of benzene rings is 1. The monoisotopic (exact) mass is 326 g/mol. The number of piperidine rings is 1. The highest BCUT2D eigenvalue weighted by Gasteiger charge is 2.16. The first-order chi connectivity index (χ1) is 10.1. The first kappa shape index (κ1) is 18.8. The fourth-order valence-electron chi connectivity index (χ4n) is 2.49. The van der Waals surface area contributed by atoms with Gasteiger partial charge in [-0.3, -0.25) is 4.79 Å². The molecule has 2 N–H and O–H groups in total. The van der Waals surface area contributed by atoms with Crippen LogP contribution in [0.3, 0.4) is 0 Å². The molecule has 22 heavy (non-hydrogen) atoms. The Balaban J connectivity index is 0.00000242. The van der Waals surface area contributed by atoms with Gasteiger partial charge in [0.15, 0.2) is 0 Å². The van der Waals surface area contributed by atoms with Gasteiger partial charge in [0.2, 0.25) is 5.91 Å². The first-order valence-corrected chi connectivity index (χ1v) is 7.87. The van der Waals surface area contributed by atoms with Gasteiger partial charge >= 0.3 is 0 Å². The number of hydrogen-bond donors (Lipinski definition) is 2. The van der Waals surface area contributed by atoms with Crippen LogP contribution in [0.25, 0.3) is 0 Å². The van der Waals surface area contributed by atoms with Crippen molar-refractivity contribution in [2.24, 2.45) is 11.8 Å². The number of amides is 1. The molecule has 0 aliphatic carbocycles. The van der Waals surface area contributed by atoms with Crippen LogP contribution >= 0.6 is 12.4 Å². The number of hydrogen-bond acceptors (Lipinski definition) is 3. The third-order valence-electron chi connectivity index (χ3n) is 3.63. The molecule has 1 amide bonds.